The van der Waals surface area contributed by atoms with Crippen LogP contribution in [0.15, 0.2) is 48.5 Å². The van der Waals surface area contributed by atoms with Crippen molar-refractivity contribution in [3.63, 3.8) is 0 Å². The normalized spacial score (nSPS) is 11.2. The Kier molecular flexibility index (Phi) is 4.54. The van der Waals surface area contributed by atoms with E-state index in [4.69, 9.17) is 9.72 Å². The Morgan fingerprint density at radius 3 is 2.64 bits per heavy atom. The van der Waals surface area contributed by atoms with Crippen molar-refractivity contribution in [3.05, 3.63) is 65.5 Å². The van der Waals surface area contributed by atoms with Crippen LogP contribution in [0.2, 0.25) is 0 Å². The molecule has 0 spiro atoms. The molecule has 2 aromatic carbocycles. The van der Waals surface area contributed by atoms with Crippen molar-refractivity contribution in [2.75, 3.05) is 13.2 Å². The van der Waals surface area contributed by atoms with Gasteiger partial charge in [-0.3, -0.25) is 0 Å². The number of fused-ring (bicyclic) bond motifs is 1. The summed E-state index contributed by atoms with van der Waals surface area (Å²) in [5, 5.41) is 0. The average molecular weight is 294 g/mol. The Labute approximate surface area is 131 Å². The number of hydrogen-bond acceptors (Lipinski definition) is 2. The van der Waals surface area contributed by atoms with Crippen LogP contribution < -0.4 is 0 Å². The van der Waals surface area contributed by atoms with Crippen LogP contribution in [0.3, 0.4) is 0 Å². The van der Waals surface area contributed by atoms with Gasteiger partial charge in [0.15, 0.2) is 0 Å². The van der Waals surface area contributed by atoms with Crippen LogP contribution in [0.5, 0.6) is 0 Å². The molecule has 1 aromatic heterocycles. The molecule has 0 N–H and O–H groups in total. The first kappa shape index (κ1) is 14.8. The lowest BCUT2D eigenvalue weighted by atomic mass is 10.1. The molecule has 0 aliphatic heterocycles. The van der Waals surface area contributed by atoms with Crippen LogP contribution in [0.25, 0.3) is 11.0 Å². The number of aromatic nitrogens is 2. The standard InChI is InChI=1S/C19H22N2O/c1-3-22-13-12-21-18-11-7-6-10-17(18)20-19(21)14-16-9-5-4-8-15(16)2/h4-11H,3,12-14H2,1-2H3. The molecule has 0 atom stereocenters. The van der Waals surface area contributed by atoms with E-state index in [0.717, 1.165) is 37.5 Å². The number of aryl methyl sites for hydroxylation is 1. The molecule has 0 aliphatic rings. The van der Waals surface area contributed by atoms with Crippen molar-refractivity contribution >= 4 is 11.0 Å². The summed E-state index contributed by atoms with van der Waals surface area (Å²) in [4.78, 5) is 4.84. The fourth-order valence-corrected chi connectivity index (χ4v) is 2.79. The molecule has 0 saturated carbocycles. The summed E-state index contributed by atoms with van der Waals surface area (Å²) in [6, 6.07) is 16.8. The Hall–Kier alpha value is -2.13. The molecule has 3 nitrogen and oxygen atoms in total. The third-order valence-electron chi connectivity index (χ3n) is 4.01. The number of ether oxygens (including phenoxy) is 1. The Balaban J connectivity index is 1.97. The second-order valence-corrected chi connectivity index (χ2v) is 5.47. The zero-order valence-electron chi connectivity index (χ0n) is 13.2. The molecule has 3 rings (SSSR count). The van der Waals surface area contributed by atoms with Crippen molar-refractivity contribution in [2.24, 2.45) is 0 Å². The first-order valence-electron chi connectivity index (χ1n) is 7.86. The molecule has 0 amide bonds. The van der Waals surface area contributed by atoms with Crippen LogP contribution in [-0.4, -0.2) is 22.8 Å². The number of rotatable bonds is 6. The number of nitrogens with zero attached hydrogens (tertiary/aromatic N) is 2. The molecule has 0 bridgehead atoms. The minimum atomic E-state index is 0.720. The fourth-order valence-electron chi connectivity index (χ4n) is 2.79. The minimum Gasteiger partial charge on any atom is -0.380 e. The van der Waals surface area contributed by atoms with E-state index < -0.39 is 0 Å². The largest absolute Gasteiger partial charge is 0.380 e. The monoisotopic (exact) mass is 294 g/mol. The summed E-state index contributed by atoms with van der Waals surface area (Å²) in [7, 11) is 0. The predicted octanol–water partition coefficient (Wildman–Crippen LogP) is 3.97. The van der Waals surface area contributed by atoms with E-state index in [0.29, 0.717) is 0 Å². The number of imidazole rings is 1. The minimum absolute atomic E-state index is 0.720. The first-order chi connectivity index (χ1) is 10.8. The molecule has 0 radical (unpaired) electrons. The maximum atomic E-state index is 5.54. The quantitative estimate of drug-likeness (QED) is 0.643. The average Bonchev–Trinajstić information content (AvgIpc) is 2.88. The van der Waals surface area contributed by atoms with E-state index in [1.165, 1.54) is 16.6 Å². The van der Waals surface area contributed by atoms with Crippen molar-refractivity contribution < 1.29 is 4.74 Å². The van der Waals surface area contributed by atoms with Crippen LogP contribution in [0.1, 0.15) is 23.9 Å². The van der Waals surface area contributed by atoms with Crippen LogP contribution in [-0.2, 0) is 17.7 Å². The molecule has 3 heteroatoms. The molecule has 114 valence electrons. The highest BCUT2D eigenvalue weighted by molar-refractivity contribution is 5.76. The van der Waals surface area contributed by atoms with Crippen LogP contribution in [0.4, 0.5) is 0 Å². The number of hydrogen-bond donors (Lipinski definition) is 0. The lowest BCUT2D eigenvalue weighted by Gasteiger charge is -2.10. The van der Waals surface area contributed by atoms with Gasteiger partial charge >= 0.3 is 0 Å². The van der Waals surface area contributed by atoms with Crippen LogP contribution in [0, 0.1) is 6.92 Å². The molecule has 0 fully saturated rings. The number of para-hydroxylation sites is 2. The molecule has 0 unspecified atom stereocenters. The summed E-state index contributed by atoms with van der Waals surface area (Å²) < 4.78 is 7.83. The Bertz CT molecular complexity index is 761. The maximum Gasteiger partial charge on any atom is 0.114 e. The van der Waals surface area contributed by atoms with E-state index >= 15 is 0 Å². The van der Waals surface area contributed by atoms with Crippen molar-refractivity contribution in [1.29, 1.82) is 0 Å². The molecule has 3 aromatic rings. The molecule has 1 heterocycles. The predicted molar refractivity (Wildman–Crippen MR) is 90.2 cm³/mol. The maximum absolute atomic E-state index is 5.54. The van der Waals surface area contributed by atoms with Gasteiger partial charge in [0, 0.05) is 19.6 Å². The first-order valence-corrected chi connectivity index (χ1v) is 7.86. The molecular formula is C19H22N2O. The molecule has 0 aliphatic carbocycles. The fraction of sp³-hybridized carbons (Fsp3) is 0.316. The van der Waals surface area contributed by atoms with E-state index in [1.54, 1.807) is 0 Å². The van der Waals surface area contributed by atoms with E-state index in [1.807, 2.05) is 13.0 Å². The highest BCUT2D eigenvalue weighted by Gasteiger charge is 2.11. The summed E-state index contributed by atoms with van der Waals surface area (Å²) in [6.07, 6.45) is 0.855. The second kappa shape index (κ2) is 6.75. The van der Waals surface area contributed by atoms with Gasteiger partial charge in [0.25, 0.3) is 0 Å². The molecule has 0 saturated heterocycles. The van der Waals surface area contributed by atoms with Gasteiger partial charge in [-0.25, -0.2) is 4.98 Å². The SMILES string of the molecule is CCOCCn1c(Cc2ccccc2C)nc2ccccc21. The highest BCUT2D eigenvalue weighted by Crippen LogP contribution is 2.20. The van der Waals surface area contributed by atoms with Gasteiger partial charge < -0.3 is 9.30 Å². The van der Waals surface area contributed by atoms with Gasteiger partial charge in [0.05, 0.1) is 17.6 Å². The van der Waals surface area contributed by atoms with E-state index in [-0.39, 0.29) is 0 Å². The second-order valence-electron chi connectivity index (χ2n) is 5.47. The van der Waals surface area contributed by atoms with Crippen molar-refractivity contribution in [1.82, 2.24) is 9.55 Å². The van der Waals surface area contributed by atoms with Crippen molar-refractivity contribution in [3.8, 4) is 0 Å². The van der Waals surface area contributed by atoms with Crippen LogP contribution >= 0.6 is 0 Å². The lowest BCUT2D eigenvalue weighted by molar-refractivity contribution is 0.139. The summed E-state index contributed by atoms with van der Waals surface area (Å²) in [5.41, 5.74) is 4.88. The highest BCUT2D eigenvalue weighted by atomic mass is 16.5. The van der Waals surface area contributed by atoms with Gasteiger partial charge in [0.2, 0.25) is 0 Å². The van der Waals surface area contributed by atoms with E-state index in [9.17, 15) is 0 Å². The Morgan fingerprint density at radius 1 is 1.05 bits per heavy atom. The summed E-state index contributed by atoms with van der Waals surface area (Å²) >= 11 is 0. The van der Waals surface area contributed by atoms with Gasteiger partial charge in [-0.1, -0.05) is 36.4 Å². The lowest BCUT2D eigenvalue weighted by Crippen LogP contribution is -2.10. The zero-order valence-corrected chi connectivity index (χ0v) is 13.2. The van der Waals surface area contributed by atoms with Crippen molar-refractivity contribution in [2.45, 2.75) is 26.8 Å². The smallest absolute Gasteiger partial charge is 0.114 e. The zero-order chi connectivity index (χ0) is 15.4. The molecule has 22 heavy (non-hydrogen) atoms. The van der Waals surface area contributed by atoms with Gasteiger partial charge in [-0.05, 0) is 37.1 Å². The van der Waals surface area contributed by atoms with Gasteiger partial charge in [-0.15, -0.1) is 0 Å². The third kappa shape index (κ3) is 3.04. The van der Waals surface area contributed by atoms with E-state index in [2.05, 4.69) is 54.0 Å². The van der Waals surface area contributed by atoms with Gasteiger partial charge in [0.1, 0.15) is 5.82 Å². The van der Waals surface area contributed by atoms with Gasteiger partial charge in [-0.2, -0.15) is 0 Å². The summed E-state index contributed by atoms with van der Waals surface area (Å²) in [6.45, 7) is 6.50. The summed E-state index contributed by atoms with van der Waals surface area (Å²) in [5.74, 6) is 1.11. The Morgan fingerprint density at radius 2 is 1.82 bits per heavy atom. The number of benzene rings is 2. The third-order valence-corrected chi connectivity index (χ3v) is 4.01. The molecular weight excluding hydrogens is 272 g/mol. The topological polar surface area (TPSA) is 27.1 Å².